The quantitative estimate of drug-likeness (QED) is 0.442. The van der Waals surface area contributed by atoms with E-state index in [2.05, 4.69) is 5.32 Å². The number of hydrogen-bond acceptors (Lipinski definition) is 5. The zero-order valence-corrected chi connectivity index (χ0v) is 18.9. The monoisotopic (exact) mass is 461 g/mol. The first-order chi connectivity index (χ1) is 15.5. The van der Waals surface area contributed by atoms with E-state index in [0.717, 1.165) is 27.7 Å². The number of nitrogens with one attached hydrogen (secondary N) is 1. The van der Waals surface area contributed by atoms with Crippen molar-refractivity contribution in [2.75, 3.05) is 11.1 Å². The van der Waals surface area contributed by atoms with Gasteiger partial charge in [0.05, 0.1) is 27.9 Å². The number of amides is 1. The molecule has 0 saturated carbocycles. The number of carbonyl (C=O) groups excluding carboxylic acids is 2. The number of fused-ring (bicyclic) bond motifs is 1. The van der Waals surface area contributed by atoms with Gasteiger partial charge in [0.1, 0.15) is 0 Å². The first kappa shape index (κ1) is 22.0. The minimum Gasteiger partial charge on any atom is -0.325 e. The van der Waals surface area contributed by atoms with Crippen LogP contribution in [0.15, 0.2) is 82.8 Å². The number of hydrogen-bond donors (Lipinski definition) is 1. The maximum Gasteiger partial charge on any atom is 0.234 e. The smallest absolute Gasteiger partial charge is 0.234 e. The molecule has 1 aliphatic rings. The normalized spacial score (nSPS) is 12.8. The molecule has 0 saturated heterocycles. The van der Waals surface area contributed by atoms with Gasteiger partial charge in [0.25, 0.3) is 0 Å². The predicted molar refractivity (Wildman–Crippen MR) is 133 cm³/mol. The first-order valence-corrected chi connectivity index (χ1v) is 11.4. The van der Waals surface area contributed by atoms with E-state index in [4.69, 9.17) is 21.6 Å². The molecule has 3 aromatic rings. The molecule has 1 aliphatic heterocycles. The topological polar surface area (TPSA) is 70.9 Å². The van der Waals surface area contributed by atoms with Gasteiger partial charge in [0, 0.05) is 22.7 Å². The zero-order chi connectivity index (χ0) is 22.5. The lowest BCUT2D eigenvalue weighted by Crippen LogP contribution is -2.16. The summed E-state index contributed by atoms with van der Waals surface area (Å²) in [5.74, 6) is -0.0176. The Morgan fingerprint density at radius 1 is 0.969 bits per heavy atom. The number of aliphatic imine (C=N–C) groups is 2. The highest BCUT2D eigenvalue weighted by Gasteiger charge is 2.17. The molecule has 0 aromatic heterocycles. The van der Waals surface area contributed by atoms with E-state index >= 15 is 0 Å². The van der Waals surface area contributed by atoms with Crippen LogP contribution in [0.5, 0.6) is 0 Å². The second-order valence-corrected chi connectivity index (χ2v) is 8.70. The van der Waals surface area contributed by atoms with E-state index in [0.29, 0.717) is 22.7 Å². The Balaban J connectivity index is 1.50. The zero-order valence-electron chi connectivity index (χ0n) is 17.3. The van der Waals surface area contributed by atoms with Gasteiger partial charge in [-0.05, 0) is 48.9 Å². The standard InChI is InChI=1S/C25H20ClN3O2S/c1-16(30)18-5-4-6-20(13-18)27-24(31)15-32-25-14-23(17-9-11-19(26)12-10-17)28-21-7-2-3-8-22(21)29-25/h2-13H,14-15H2,1H3,(H,27,31). The van der Waals surface area contributed by atoms with Crippen LogP contribution in [0, 0.1) is 0 Å². The SMILES string of the molecule is CC(=O)c1cccc(NC(=O)CSC2=Nc3ccccc3N=C(c3ccc(Cl)cc3)C2)c1. The van der Waals surface area contributed by atoms with Crippen molar-refractivity contribution in [3.8, 4) is 0 Å². The van der Waals surface area contributed by atoms with Crippen LogP contribution in [-0.2, 0) is 4.79 Å². The van der Waals surface area contributed by atoms with Crippen molar-refractivity contribution in [3.05, 3.63) is 88.9 Å². The molecule has 0 radical (unpaired) electrons. The van der Waals surface area contributed by atoms with Crippen molar-refractivity contribution in [2.24, 2.45) is 9.98 Å². The number of anilines is 1. The fourth-order valence-electron chi connectivity index (χ4n) is 3.21. The van der Waals surface area contributed by atoms with E-state index in [1.807, 2.05) is 48.5 Å². The molecular formula is C25H20ClN3O2S. The minimum atomic E-state index is -0.166. The number of para-hydroxylation sites is 2. The lowest BCUT2D eigenvalue weighted by Gasteiger charge is -2.09. The number of Topliss-reactive ketones (excluding diaryl/α,β-unsaturated/α-hetero) is 1. The van der Waals surface area contributed by atoms with Crippen LogP contribution >= 0.6 is 23.4 Å². The summed E-state index contributed by atoms with van der Waals surface area (Å²) in [7, 11) is 0. The maximum absolute atomic E-state index is 12.5. The summed E-state index contributed by atoms with van der Waals surface area (Å²) >= 11 is 7.42. The molecule has 160 valence electrons. The highest BCUT2D eigenvalue weighted by Crippen LogP contribution is 2.33. The Hall–Kier alpha value is -3.22. The van der Waals surface area contributed by atoms with E-state index in [9.17, 15) is 9.59 Å². The van der Waals surface area contributed by atoms with Crippen molar-refractivity contribution in [1.82, 2.24) is 0 Å². The molecule has 0 spiro atoms. The number of carbonyl (C=O) groups is 2. The molecule has 0 bridgehead atoms. The Labute approximate surface area is 195 Å². The van der Waals surface area contributed by atoms with Crippen LogP contribution in [0.1, 0.15) is 29.3 Å². The summed E-state index contributed by atoms with van der Waals surface area (Å²) in [6.07, 6.45) is 0.508. The van der Waals surface area contributed by atoms with Crippen LogP contribution in [0.4, 0.5) is 17.1 Å². The first-order valence-electron chi connectivity index (χ1n) is 10.0. The third kappa shape index (κ3) is 5.52. The molecule has 3 aromatic carbocycles. The minimum absolute atomic E-state index is 0.0454. The molecule has 0 fully saturated rings. The summed E-state index contributed by atoms with van der Waals surface area (Å²) in [4.78, 5) is 33.7. The molecule has 0 aliphatic carbocycles. The second kappa shape index (κ2) is 9.94. The number of ketones is 1. The van der Waals surface area contributed by atoms with Gasteiger partial charge in [-0.25, -0.2) is 4.99 Å². The van der Waals surface area contributed by atoms with Crippen LogP contribution in [0.3, 0.4) is 0 Å². The van der Waals surface area contributed by atoms with Crippen molar-refractivity contribution in [1.29, 1.82) is 0 Å². The molecule has 1 N–H and O–H groups in total. The van der Waals surface area contributed by atoms with Gasteiger partial charge in [-0.15, -0.1) is 11.8 Å². The number of thioether (sulfide) groups is 1. The Morgan fingerprint density at radius 2 is 1.69 bits per heavy atom. The van der Waals surface area contributed by atoms with Crippen LogP contribution in [0.2, 0.25) is 5.02 Å². The Kier molecular flexibility index (Phi) is 6.83. The Bertz CT molecular complexity index is 1240. The molecule has 0 unspecified atom stereocenters. The molecule has 1 amide bonds. The number of nitrogens with zero attached hydrogens (tertiary/aromatic N) is 2. The third-order valence-electron chi connectivity index (χ3n) is 4.80. The predicted octanol–water partition coefficient (Wildman–Crippen LogP) is 6.47. The van der Waals surface area contributed by atoms with Gasteiger partial charge >= 0.3 is 0 Å². The van der Waals surface area contributed by atoms with Gasteiger partial charge in [-0.1, -0.05) is 48.0 Å². The number of halogens is 1. The molecule has 7 heteroatoms. The van der Waals surface area contributed by atoms with Gasteiger partial charge < -0.3 is 5.32 Å². The Morgan fingerprint density at radius 3 is 2.41 bits per heavy atom. The summed E-state index contributed by atoms with van der Waals surface area (Å²) < 4.78 is 0. The fourth-order valence-corrected chi connectivity index (χ4v) is 4.11. The summed E-state index contributed by atoms with van der Waals surface area (Å²) in [5.41, 5.74) is 4.55. The maximum atomic E-state index is 12.5. The van der Waals surface area contributed by atoms with Crippen LogP contribution in [0.25, 0.3) is 0 Å². The van der Waals surface area contributed by atoms with Gasteiger partial charge in [0.2, 0.25) is 5.91 Å². The van der Waals surface area contributed by atoms with Crippen LogP contribution in [-0.4, -0.2) is 28.2 Å². The molecule has 0 atom stereocenters. The largest absolute Gasteiger partial charge is 0.325 e. The molecule has 32 heavy (non-hydrogen) atoms. The third-order valence-corrected chi connectivity index (χ3v) is 6.03. The van der Waals surface area contributed by atoms with E-state index < -0.39 is 0 Å². The van der Waals surface area contributed by atoms with Crippen molar-refractivity contribution in [2.45, 2.75) is 13.3 Å². The molecule has 1 heterocycles. The highest BCUT2D eigenvalue weighted by molar-refractivity contribution is 8.14. The summed E-state index contributed by atoms with van der Waals surface area (Å²) in [6, 6.07) is 22.1. The van der Waals surface area contributed by atoms with Gasteiger partial charge in [-0.3, -0.25) is 14.6 Å². The van der Waals surface area contributed by atoms with Gasteiger partial charge in [-0.2, -0.15) is 0 Å². The van der Waals surface area contributed by atoms with E-state index in [1.54, 1.807) is 24.3 Å². The average molecular weight is 462 g/mol. The van der Waals surface area contributed by atoms with Crippen molar-refractivity contribution < 1.29 is 9.59 Å². The molecular weight excluding hydrogens is 442 g/mol. The lowest BCUT2D eigenvalue weighted by atomic mass is 10.1. The lowest BCUT2D eigenvalue weighted by molar-refractivity contribution is -0.113. The molecule has 4 rings (SSSR count). The summed E-state index contributed by atoms with van der Waals surface area (Å²) in [5, 5.41) is 4.31. The van der Waals surface area contributed by atoms with Gasteiger partial charge in [0.15, 0.2) is 5.78 Å². The fraction of sp³-hybridized carbons (Fsp3) is 0.120. The van der Waals surface area contributed by atoms with Crippen LogP contribution < -0.4 is 5.32 Å². The van der Waals surface area contributed by atoms with E-state index in [1.165, 1.54) is 18.7 Å². The molecule has 5 nitrogen and oxygen atoms in total. The summed E-state index contributed by atoms with van der Waals surface area (Å²) in [6.45, 7) is 1.50. The second-order valence-electron chi connectivity index (χ2n) is 7.21. The number of benzene rings is 3. The van der Waals surface area contributed by atoms with Crippen molar-refractivity contribution >= 4 is 62.9 Å². The number of rotatable bonds is 5. The average Bonchev–Trinajstić information content (AvgIpc) is 2.97. The van der Waals surface area contributed by atoms with E-state index in [-0.39, 0.29) is 17.4 Å². The highest BCUT2D eigenvalue weighted by atomic mass is 35.5. The van der Waals surface area contributed by atoms with Crippen molar-refractivity contribution in [3.63, 3.8) is 0 Å².